The van der Waals surface area contributed by atoms with Crippen LogP contribution in [0.2, 0.25) is 0 Å². The zero-order valence-electron chi connectivity index (χ0n) is 11.7. The molecule has 6 nitrogen and oxygen atoms in total. The normalized spacial score (nSPS) is 15.8. The highest BCUT2D eigenvalue weighted by Gasteiger charge is 2.23. The van der Waals surface area contributed by atoms with Crippen LogP contribution in [0.3, 0.4) is 0 Å². The van der Waals surface area contributed by atoms with Crippen molar-refractivity contribution in [1.82, 2.24) is 14.8 Å². The van der Waals surface area contributed by atoms with Crippen LogP contribution in [-0.2, 0) is 4.79 Å². The summed E-state index contributed by atoms with van der Waals surface area (Å²) >= 11 is 0. The Morgan fingerprint density at radius 3 is 2.65 bits per heavy atom. The van der Waals surface area contributed by atoms with E-state index in [9.17, 15) is 9.59 Å². The van der Waals surface area contributed by atoms with Crippen molar-refractivity contribution in [3.05, 3.63) is 24.0 Å². The van der Waals surface area contributed by atoms with Crippen molar-refractivity contribution in [3.63, 3.8) is 0 Å². The Kier molecular flexibility index (Phi) is 4.55. The minimum absolute atomic E-state index is 0.136. The fourth-order valence-corrected chi connectivity index (χ4v) is 2.34. The molecule has 2 N–H and O–H groups in total. The molecule has 0 atom stereocenters. The monoisotopic (exact) mass is 276 g/mol. The molecule has 0 spiro atoms. The Hall–Kier alpha value is -2.11. The molecule has 0 aromatic carbocycles. The highest BCUT2D eigenvalue weighted by Crippen LogP contribution is 2.13. The summed E-state index contributed by atoms with van der Waals surface area (Å²) in [5.74, 6) is -0.0226. The lowest BCUT2D eigenvalue weighted by atomic mass is 10.2. The first-order valence-electron chi connectivity index (χ1n) is 6.91. The molecular weight excluding hydrogens is 256 g/mol. The molecule has 2 heterocycles. The smallest absolute Gasteiger partial charge is 0.274 e. The molecule has 0 saturated carbocycles. The van der Waals surface area contributed by atoms with E-state index in [0.29, 0.717) is 44.0 Å². The number of carbonyl (C=O) groups is 2. The number of amides is 2. The molecule has 1 fully saturated rings. The van der Waals surface area contributed by atoms with Gasteiger partial charge in [-0.3, -0.25) is 9.59 Å². The molecule has 1 aliphatic rings. The van der Waals surface area contributed by atoms with Crippen molar-refractivity contribution in [2.75, 3.05) is 31.9 Å². The summed E-state index contributed by atoms with van der Waals surface area (Å²) in [5.41, 5.74) is 6.48. The molecule has 2 amide bonds. The molecule has 6 heteroatoms. The zero-order valence-corrected chi connectivity index (χ0v) is 11.7. The number of carbonyl (C=O) groups excluding carboxylic acids is 2. The van der Waals surface area contributed by atoms with Crippen LogP contribution in [0.5, 0.6) is 0 Å². The first-order chi connectivity index (χ1) is 9.63. The van der Waals surface area contributed by atoms with E-state index in [2.05, 4.69) is 4.98 Å². The van der Waals surface area contributed by atoms with E-state index >= 15 is 0 Å². The summed E-state index contributed by atoms with van der Waals surface area (Å²) in [7, 11) is 0. The largest absolute Gasteiger partial charge is 0.397 e. The van der Waals surface area contributed by atoms with Crippen LogP contribution in [0.25, 0.3) is 0 Å². The van der Waals surface area contributed by atoms with E-state index in [0.717, 1.165) is 6.42 Å². The Labute approximate surface area is 118 Å². The van der Waals surface area contributed by atoms with E-state index in [-0.39, 0.29) is 11.8 Å². The second kappa shape index (κ2) is 6.36. The molecule has 1 aliphatic heterocycles. The van der Waals surface area contributed by atoms with E-state index < -0.39 is 0 Å². The van der Waals surface area contributed by atoms with Gasteiger partial charge in [0.25, 0.3) is 5.91 Å². The Bertz CT molecular complexity index is 504. The topological polar surface area (TPSA) is 79.5 Å². The van der Waals surface area contributed by atoms with Crippen LogP contribution in [0.1, 0.15) is 30.3 Å². The number of pyridine rings is 1. The molecule has 2 rings (SSSR count). The molecule has 20 heavy (non-hydrogen) atoms. The fraction of sp³-hybridized carbons (Fsp3) is 0.500. The van der Waals surface area contributed by atoms with Crippen LogP contribution in [0.15, 0.2) is 18.3 Å². The lowest BCUT2D eigenvalue weighted by Crippen LogP contribution is -2.37. The predicted octanol–water partition coefficient (Wildman–Crippen LogP) is 0.748. The van der Waals surface area contributed by atoms with Gasteiger partial charge in [0.05, 0.1) is 5.69 Å². The molecule has 0 aliphatic carbocycles. The molecule has 1 aromatic rings. The van der Waals surface area contributed by atoms with Crippen molar-refractivity contribution < 1.29 is 9.59 Å². The average Bonchev–Trinajstić information content (AvgIpc) is 2.72. The van der Waals surface area contributed by atoms with Crippen LogP contribution >= 0.6 is 0 Å². The number of rotatable bonds is 2. The number of nitrogen functional groups attached to an aromatic ring is 1. The maximum Gasteiger partial charge on any atom is 0.274 e. The minimum Gasteiger partial charge on any atom is -0.397 e. The molecule has 0 radical (unpaired) electrons. The Balaban J connectivity index is 2.05. The Morgan fingerprint density at radius 1 is 1.25 bits per heavy atom. The standard InChI is InChI=1S/C14H20N4O2/c1-2-12(19)17-7-4-8-18(10-9-17)14(20)13-11(15)5-3-6-16-13/h3,5-6H,2,4,7-10,15H2,1H3. The van der Waals surface area contributed by atoms with Gasteiger partial charge in [-0.1, -0.05) is 6.92 Å². The van der Waals surface area contributed by atoms with Crippen molar-refractivity contribution in [2.24, 2.45) is 0 Å². The summed E-state index contributed by atoms with van der Waals surface area (Å²) < 4.78 is 0. The highest BCUT2D eigenvalue weighted by atomic mass is 16.2. The van der Waals surface area contributed by atoms with E-state index in [1.165, 1.54) is 0 Å². The molecular formula is C14H20N4O2. The van der Waals surface area contributed by atoms with Crippen molar-refractivity contribution >= 4 is 17.5 Å². The first kappa shape index (κ1) is 14.3. The molecule has 0 unspecified atom stereocenters. The van der Waals surface area contributed by atoms with Crippen LogP contribution < -0.4 is 5.73 Å². The number of aromatic nitrogens is 1. The van der Waals surface area contributed by atoms with Gasteiger partial charge < -0.3 is 15.5 Å². The zero-order chi connectivity index (χ0) is 14.5. The number of nitrogens with zero attached hydrogens (tertiary/aromatic N) is 3. The summed E-state index contributed by atoms with van der Waals surface area (Å²) in [4.78, 5) is 31.7. The van der Waals surface area contributed by atoms with E-state index in [4.69, 9.17) is 5.73 Å². The molecule has 108 valence electrons. The SMILES string of the molecule is CCC(=O)N1CCCN(C(=O)c2ncccc2N)CC1. The third-order valence-electron chi connectivity index (χ3n) is 3.48. The maximum atomic E-state index is 12.4. The van der Waals surface area contributed by atoms with Gasteiger partial charge in [0.1, 0.15) is 0 Å². The number of hydrogen-bond donors (Lipinski definition) is 1. The lowest BCUT2D eigenvalue weighted by molar-refractivity contribution is -0.130. The summed E-state index contributed by atoms with van der Waals surface area (Å²) in [6.07, 6.45) is 2.85. The lowest BCUT2D eigenvalue weighted by Gasteiger charge is -2.22. The van der Waals surface area contributed by atoms with Gasteiger partial charge in [-0.2, -0.15) is 0 Å². The average molecular weight is 276 g/mol. The van der Waals surface area contributed by atoms with Crippen LogP contribution in [0, 0.1) is 0 Å². The molecule has 1 saturated heterocycles. The first-order valence-corrected chi connectivity index (χ1v) is 6.91. The van der Waals surface area contributed by atoms with E-state index in [1.807, 2.05) is 11.8 Å². The van der Waals surface area contributed by atoms with E-state index in [1.54, 1.807) is 23.2 Å². The second-order valence-corrected chi connectivity index (χ2v) is 4.82. The number of nitrogens with two attached hydrogens (primary N) is 1. The maximum absolute atomic E-state index is 12.4. The second-order valence-electron chi connectivity index (χ2n) is 4.82. The van der Waals surface area contributed by atoms with Crippen LogP contribution in [0.4, 0.5) is 5.69 Å². The summed E-state index contributed by atoms with van der Waals surface area (Å²) in [6.45, 7) is 4.28. The van der Waals surface area contributed by atoms with Gasteiger partial charge >= 0.3 is 0 Å². The van der Waals surface area contributed by atoms with Crippen LogP contribution in [-0.4, -0.2) is 52.8 Å². The van der Waals surface area contributed by atoms with Gasteiger partial charge in [0.15, 0.2) is 5.69 Å². The quantitative estimate of drug-likeness (QED) is 0.864. The fourth-order valence-electron chi connectivity index (χ4n) is 2.34. The van der Waals surface area contributed by atoms with Gasteiger partial charge in [0.2, 0.25) is 5.91 Å². The third-order valence-corrected chi connectivity index (χ3v) is 3.48. The predicted molar refractivity (Wildman–Crippen MR) is 76.0 cm³/mol. The molecule has 0 bridgehead atoms. The Morgan fingerprint density at radius 2 is 1.95 bits per heavy atom. The van der Waals surface area contributed by atoms with Gasteiger partial charge in [-0.15, -0.1) is 0 Å². The van der Waals surface area contributed by atoms with Gasteiger partial charge in [-0.25, -0.2) is 4.98 Å². The third kappa shape index (κ3) is 3.07. The van der Waals surface area contributed by atoms with Gasteiger partial charge in [-0.05, 0) is 18.6 Å². The number of hydrogen-bond acceptors (Lipinski definition) is 4. The van der Waals surface area contributed by atoms with Crippen molar-refractivity contribution in [3.8, 4) is 0 Å². The minimum atomic E-state index is -0.158. The van der Waals surface area contributed by atoms with Crippen molar-refractivity contribution in [1.29, 1.82) is 0 Å². The number of anilines is 1. The summed E-state index contributed by atoms with van der Waals surface area (Å²) in [6, 6.07) is 3.38. The molecule has 1 aromatic heterocycles. The van der Waals surface area contributed by atoms with Gasteiger partial charge in [0, 0.05) is 38.8 Å². The summed E-state index contributed by atoms with van der Waals surface area (Å²) in [5, 5.41) is 0. The highest BCUT2D eigenvalue weighted by molar-refractivity contribution is 5.97. The van der Waals surface area contributed by atoms with Crippen molar-refractivity contribution in [2.45, 2.75) is 19.8 Å².